The van der Waals surface area contributed by atoms with Crippen LogP contribution >= 0.6 is 11.6 Å². The zero-order chi connectivity index (χ0) is 17.7. The molecule has 0 N–H and O–H groups in total. The van der Waals surface area contributed by atoms with Crippen LogP contribution in [0.3, 0.4) is 0 Å². The summed E-state index contributed by atoms with van der Waals surface area (Å²) in [6.07, 6.45) is 2.74. The van der Waals surface area contributed by atoms with Crippen LogP contribution in [-0.2, 0) is 0 Å². The molecular formula is C21H24ClNO2. The summed E-state index contributed by atoms with van der Waals surface area (Å²) in [7, 11) is 0. The summed E-state index contributed by atoms with van der Waals surface area (Å²) >= 11 is 6.13. The third-order valence-electron chi connectivity index (χ3n) is 4.49. The fourth-order valence-electron chi connectivity index (χ4n) is 3.14. The highest BCUT2D eigenvalue weighted by atomic mass is 35.5. The lowest BCUT2D eigenvalue weighted by Gasteiger charge is -2.27. The lowest BCUT2D eigenvalue weighted by atomic mass is 10.1. The van der Waals surface area contributed by atoms with Crippen molar-refractivity contribution in [2.75, 3.05) is 26.2 Å². The molecule has 1 saturated heterocycles. The van der Waals surface area contributed by atoms with Gasteiger partial charge in [0, 0.05) is 31.1 Å². The van der Waals surface area contributed by atoms with E-state index in [9.17, 15) is 0 Å². The van der Waals surface area contributed by atoms with Gasteiger partial charge in [0.25, 0.3) is 0 Å². The largest absolute Gasteiger partial charge is 0.492 e. The molecular weight excluding hydrogens is 334 g/mol. The number of nitrogens with zero attached hydrogens (tertiary/aromatic N) is 1. The van der Waals surface area contributed by atoms with Crippen molar-refractivity contribution in [1.29, 1.82) is 0 Å². The van der Waals surface area contributed by atoms with Crippen LogP contribution in [0.15, 0.2) is 55.1 Å². The number of rotatable bonds is 7. The molecule has 1 unspecified atom stereocenters. The van der Waals surface area contributed by atoms with Gasteiger partial charge < -0.3 is 9.47 Å². The highest BCUT2D eigenvalue weighted by molar-refractivity contribution is 6.32. The minimum Gasteiger partial charge on any atom is -0.492 e. The van der Waals surface area contributed by atoms with Gasteiger partial charge in [0.15, 0.2) is 0 Å². The maximum Gasteiger partial charge on any atom is 0.120 e. The standard InChI is InChI=1S/C21H24ClNO2/c1-3-17-15-19(9-10-20(17)22)25-21(2)11-12-23(16-21)13-14-24-18-7-5-4-6-8-18/h3-10,15H,1,11-14,16H2,2H3. The van der Waals surface area contributed by atoms with Crippen LogP contribution in [-0.4, -0.2) is 36.7 Å². The van der Waals surface area contributed by atoms with Gasteiger partial charge in [-0.3, -0.25) is 4.90 Å². The summed E-state index contributed by atoms with van der Waals surface area (Å²) in [4.78, 5) is 2.38. The van der Waals surface area contributed by atoms with Crippen molar-refractivity contribution in [1.82, 2.24) is 4.90 Å². The first-order valence-corrected chi connectivity index (χ1v) is 8.97. The lowest BCUT2D eigenvalue weighted by molar-refractivity contribution is 0.0935. The van der Waals surface area contributed by atoms with Crippen LogP contribution in [0.5, 0.6) is 11.5 Å². The Morgan fingerprint density at radius 2 is 2.00 bits per heavy atom. The van der Waals surface area contributed by atoms with Gasteiger partial charge in [-0.2, -0.15) is 0 Å². The number of halogens is 1. The van der Waals surface area contributed by atoms with E-state index >= 15 is 0 Å². The summed E-state index contributed by atoms with van der Waals surface area (Å²) in [5.74, 6) is 1.75. The van der Waals surface area contributed by atoms with Crippen molar-refractivity contribution >= 4 is 17.7 Å². The van der Waals surface area contributed by atoms with Crippen LogP contribution < -0.4 is 9.47 Å². The molecule has 2 aromatic carbocycles. The molecule has 25 heavy (non-hydrogen) atoms. The smallest absolute Gasteiger partial charge is 0.120 e. The summed E-state index contributed by atoms with van der Waals surface area (Å²) < 4.78 is 12.1. The average molecular weight is 358 g/mol. The molecule has 0 spiro atoms. The molecule has 0 saturated carbocycles. The summed E-state index contributed by atoms with van der Waals surface area (Å²) in [6, 6.07) is 15.6. The zero-order valence-corrected chi connectivity index (χ0v) is 15.3. The topological polar surface area (TPSA) is 21.7 Å². The molecule has 3 rings (SSSR count). The molecule has 3 nitrogen and oxygen atoms in total. The van der Waals surface area contributed by atoms with Crippen molar-refractivity contribution in [3.05, 3.63) is 65.7 Å². The fourth-order valence-corrected chi connectivity index (χ4v) is 3.33. The van der Waals surface area contributed by atoms with Gasteiger partial charge >= 0.3 is 0 Å². The van der Waals surface area contributed by atoms with Crippen molar-refractivity contribution in [3.8, 4) is 11.5 Å². The second-order valence-electron chi connectivity index (χ2n) is 6.63. The Balaban J connectivity index is 1.51. The first kappa shape index (κ1) is 17.8. The minimum atomic E-state index is -0.195. The van der Waals surface area contributed by atoms with Crippen LogP contribution in [0, 0.1) is 0 Å². The normalized spacial score (nSPS) is 20.4. The minimum absolute atomic E-state index is 0.195. The van der Waals surface area contributed by atoms with Crippen LogP contribution in [0.4, 0.5) is 0 Å². The molecule has 1 heterocycles. The predicted octanol–water partition coefficient (Wildman–Crippen LogP) is 4.91. The quantitative estimate of drug-likeness (QED) is 0.703. The van der Waals surface area contributed by atoms with Gasteiger partial charge in [-0.25, -0.2) is 0 Å². The highest BCUT2D eigenvalue weighted by Crippen LogP contribution is 2.30. The van der Waals surface area contributed by atoms with Crippen molar-refractivity contribution in [3.63, 3.8) is 0 Å². The average Bonchev–Trinajstić information content (AvgIpc) is 2.98. The molecule has 132 valence electrons. The number of hydrogen-bond acceptors (Lipinski definition) is 3. The van der Waals surface area contributed by atoms with E-state index < -0.39 is 0 Å². The Bertz CT molecular complexity index is 719. The fraction of sp³-hybridized carbons (Fsp3) is 0.333. The molecule has 1 atom stereocenters. The second kappa shape index (κ2) is 7.94. The van der Waals surface area contributed by atoms with Gasteiger partial charge in [0.05, 0.1) is 0 Å². The summed E-state index contributed by atoms with van der Waals surface area (Å²) in [5, 5.41) is 0.693. The Morgan fingerprint density at radius 3 is 2.76 bits per heavy atom. The Morgan fingerprint density at radius 1 is 1.20 bits per heavy atom. The SMILES string of the molecule is C=Cc1cc(OC2(C)CCN(CCOc3ccccc3)C2)ccc1Cl. The molecule has 0 radical (unpaired) electrons. The number of ether oxygens (including phenoxy) is 2. The highest BCUT2D eigenvalue weighted by Gasteiger charge is 2.35. The van der Waals surface area contributed by atoms with Crippen molar-refractivity contribution in [2.24, 2.45) is 0 Å². The van der Waals surface area contributed by atoms with E-state index in [-0.39, 0.29) is 5.60 Å². The third kappa shape index (κ3) is 4.77. The van der Waals surface area contributed by atoms with Gasteiger partial charge in [-0.05, 0) is 42.8 Å². The van der Waals surface area contributed by atoms with E-state index in [0.717, 1.165) is 43.1 Å². The second-order valence-corrected chi connectivity index (χ2v) is 7.03. The molecule has 0 aromatic heterocycles. The van der Waals surface area contributed by atoms with E-state index in [1.807, 2.05) is 48.5 Å². The first-order chi connectivity index (χ1) is 12.1. The molecule has 0 bridgehead atoms. The first-order valence-electron chi connectivity index (χ1n) is 8.59. The monoisotopic (exact) mass is 357 g/mol. The van der Waals surface area contributed by atoms with E-state index in [4.69, 9.17) is 21.1 Å². The maximum absolute atomic E-state index is 6.27. The van der Waals surface area contributed by atoms with Crippen LogP contribution in [0.2, 0.25) is 5.02 Å². The third-order valence-corrected chi connectivity index (χ3v) is 4.83. The van der Waals surface area contributed by atoms with E-state index in [1.165, 1.54) is 0 Å². The molecule has 1 aliphatic heterocycles. The number of benzene rings is 2. The van der Waals surface area contributed by atoms with Gasteiger partial charge in [0.2, 0.25) is 0 Å². The van der Waals surface area contributed by atoms with E-state index in [1.54, 1.807) is 6.08 Å². The predicted molar refractivity (Wildman–Crippen MR) is 104 cm³/mol. The molecule has 1 aliphatic rings. The Labute approximate surface area is 154 Å². The van der Waals surface area contributed by atoms with Gasteiger partial charge in [-0.15, -0.1) is 0 Å². The van der Waals surface area contributed by atoms with Crippen molar-refractivity contribution < 1.29 is 9.47 Å². The molecule has 0 aliphatic carbocycles. The lowest BCUT2D eigenvalue weighted by Crippen LogP contribution is -2.37. The number of likely N-dealkylation sites (tertiary alicyclic amines) is 1. The Hall–Kier alpha value is -1.97. The number of hydrogen-bond donors (Lipinski definition) is 0. The van der Waals surface area contributed by atoms with Crippen molar-refractivity contribution in [2.45, 2.75) is 18.9 Å². The summed E-state index contributed by atoms with van der Waals surface area (Å²) in [6.45, 7) is 9.42. The van der Waals surface area contributed by atoms with Crippen LogP contribution in [0.1, 0.15) is 18.9 Å². The summed E-state index contributed by atoms with van der Waals surface area (Å²) in [5.41, 5.74) is 0.702. The van der Waals surface area contributed by atoms with Gasteiger partial charge in [0.1, 0.15) is 23.7 Å². The zero-order valence-electron chi connectivity index (χ0n) is 14.6. The molecule has 2 aromatic rings. The van der Waals surface area contributed by atoms with Crippen LogP contribution in [0.25, 0.3) is 6.08 Å². The maximum atomic E-state index is 6.27. The van der Waals surface area contributed by atoms with E-state index in [0.29, 0.717) is 11.6 Å². The molecule has 1 fully saturated rings. The molecule has 0 amide bonds. The Kier molecular flexibility index (Phi) is 5.67. The molecule has 4 heteroatoms. The van der Waals surface area contributed by atoms with E-state index in [2.05, 4.69) is 18.4 Å². The number of para-hydroxylation sites is 1. The van der Waals surface area contributed by atoms with Gasteiger partial charge in [-0.1, -0.05) is 42.5 Å².